The zero-order chi connectivity index (χ0) is 20.6. The second-order valence-electron chi connectivity index (χ2n) is 6.91. The molecule has 1 unspecified atom stereocenters. The summed E-state index contributed by atoms with van der Waals surface area (Å²) >= 11 is 6.15. The van der Waals surface area contributed by atoms with Crippen LogP contribution in [-0.4, -0.2) is 17.0 Å². The van der Waals surface area contributed by atoms with Crippen molar-refractivity contribution < 1.29 is 14.8 Å². The number of halogens is 1. The van der Waals surface area contributed by atoms with Gasteiger partial charge in [0.1, 0.15) is 5.54 Å². The van der Waals surface area contributed by atoms with Gasteiger partial charge < -0.3 is 5.32 Å². The maximum absolute atomic E-state index is 13.5. The van der Waals surface area contributed by atoms with Crippen molar-refractivity contribution in [3.63, 3.8) is 0 Å². The number of hydrogen-bond donors (Lipinski definition) is 3. The summed E-state index contributed by atoms with van der Waals surface area (Å²) in [6.07, 6.45) is 0. The average Bonchev–Trinajstić information content (AvgIpc) is 2.95. The topological polar surface area (TPSA) is 81.7 Å². The zero-order valence-electron chi connectivity index (χ0n) is 15.5. The molecule has 1 aliphatic heterocycles. The van der Waals surface area contributed by atoms with Gasteiger partial charge in [0.25, 0.3) is 11.8 Å². The van der Waals surface area contributed by atoms with E-state index < -0.39 is 11.4 Å². The third-order valence-electron chi connectivity index (χ3n) is 5.02. The smallest absolute Gasteiger partial charge is 0.274 e. The minimum Gasteiger partial charge on any atom is -0.368 e. The third kappa shape index (κ3) is 3.22. The fraction of sp³-hybridized carbons (Fsp3) is 0.0909. The minimum absolute atomic E-state index is 0.141. The highest BCUT2D eigenvalue weighted by atomic mass is 35.5. The van der Waals surface area contributed by atoms with Crippen LogP contribution in [0.4, 0.5) is 17.1 Å². The van der Waals surface area contributed by atoms with Crippen molar-refractivity contribution in [2.24, 2.45) is 0 Å². The summed E-state index contributed by atoms with van der Waals surface area (Å²) in [6.45, 7) is 1.83. The van der Waals surface area contributed by atoms with Crippen LogP contribution in [0.2, 0.25) is 5.02 Å². The van der Waals surface area contributed by atoms with E-state index >= 15 is 0 Å². The molecule has 0 bridgehead atoms. The van der Waals surface area contributed by atoms with Crippen LogP contribution in [0.5, 0.6) is 0 Å². The van der Waals surface area contributed by atoms with Gasteiger partial charge in [0.05, 0.1) is 11.4 Å². The van der Waals surface area contributed by atoms with E-state index in [4.69, 9.17) is 16.8 Å². The van der Waals surface area contributed by atoms with Crippen molar-refractivity contribution in [2.75, 3.05) is 10.2 Å². The molecule has 1 atom stereocenters. The molecule has 0 spiro atoms. The number of rotatable bonds is 4. The number of benzene rings is 3. The van der Waals surface area contributed by atoms with Crippen molar-refractivity contribution in [2.45, 2.75) is 12.5 Å². The first-order valence-corrected chi connectivity index (χ1v) is 9.34. The Morgan fingerprint density at radius 2 is 1.76 bits per heavy atom. The lowest BCUT2D eigenvalue weighted by molar-refractivity contribution is -0.121. The first-order valence-electron chi connectivity index (χ1n) is 8.96. The molecule has 0 radical (unpaired) electrons. The second-order valence-corrected chi connectivity index (χ2v) is 7.34. The third-order valence-corrected chi connectivity index (χ3v) is 5.26. The Morgan fingerprint density at radius 1 is 1.03 bits per heavy atom. The van der Waals surface area contributed by atoms with Gasteiger partial charge in [-0.3, -0.25) is 19.7 Å². The Bertz CT molecular complexity index is 1100. The maximum Gasteiger partial charge on any atom is 0.274 e. The minimum atomic E-state index is -1.01. The van der Waals surface area contributed by atoms with Gasteiger partial charge in [0, 0.05) is 21.8 Å². The fourth-order valence-electron chi connectivity index (χ4n) is 3.59. The Balaban J connectivity index is 1.73. The number of nitrogens with zero attached hydrogens (tertiary/aromatic N) is 1. The molecule has 3 aromatic carbocycles. The summed E-state index contributed by atoms with van der Waals surface area (Å²) in [5.41, 5.74) is 3.87. The molecule has 6 nitrogen and oxygen atoms in total. The standard InChI is InChI=1S/C22H18ClN3O3/c1-22(24-16-11-9-14(10-12-16)20(27)25-29)18-7-2-3-8-19(18)26(21(22)28)17-6-4-5-15(23)13-17/h2-13,24,29H,1H3,(H,25,27). The van der Waals surface area contributed by atoms with Gasteiger partial charge in [-0.25, -0.2) is 5.48 Å². The monoisotopic (exact) mass is 407 g/mol. The van der Waals surface area contributed by atoms with Gasteiger partial charge in [0.2, 0.25) is 0 Å². The first-order chi connectivity index (χ1) is 13.9. The fourth-order valence-corrected chi connectivity index (χ4v) is 3.77. The quantitative estimate of drug-likeness (QED) is 0.440. The summed E-state index contributed by atoms with van der Waals surface area (Å²) < 4.78 is 0. The van der Waals surface area contributed by atoms with Crippen LogP contribution in [0.15, 0.2) is 72.8 Å². The van der Waals surface area contributed by atoms with Gasteiger partial charge in [-0.15, -0.1) is 0 Å². The molecule has 3 aromatic rings. The molecule has 0 fully saturated rings. The number of para-hydroxylation sites is 1. The molecule has 0 saturated carbocycles. The second kappa shape index (κ2) is 7.24. The van der Waals surface area contributed by atoms with Gasteiger partial charge in [-0.1, -0.05) is 35.9 Å². The summed E-state index contributed by atoms with van der Waals surface area (Å²) in [5, 5.41) is 12.6. The van der Waals surface area contributed by atoms with Gasteiger partial charge in [0.15, 0.2) is 0 Å². The predicted molar refractivity (Wildman–Crippen MR) is 112 cm³/mol. The first kappa shape index (κ1) is 19.0. The lowest BCUT2D eigenvalue weighted by atomic mass is 9.93. The summed E-state index contributed by atoms with van der Waals surface area (Å²) in [7, 11) is 0. The number of carbonyl (C=O) groups excluding carboxylic acids is 2. The lowest BCUT2D eigenvalue weighted by Crippen LogP contribution is -2.42. The van der Waals surface area contributed by atoms with Crippen LogP contribution >= 0.6 is 11.6 Å². The molecule has 7 heteroatoms. The van der Waals surface area contributed by atoms with Crippen LogP contribution in [0.25, 0.3) is 0 Å². The van der Waals surface area contributed by atoms with E-state index in [-0.39, 0.29) is 5.91 Å². The molecule has 146 valence electrons. The Hall–Kier alpha value is -3.35. The largest absolute Gasteiger partial charge is 0.368 e. The highest BCUT2D eigenvalue weighted by Crippen LogP contribution is 2.45. The Kier molecular flexibility index (Phi) is 4.74. The molecule has 0 saturated heterocycles. The highest BCUT2D eigenvalue weighted by molar-refractivity contribution is 6.31. The van der Waals surface area contributed by atoms with E-state index in [1.165, 1.54) is 0 Å². The number of hydroxylamine groups is 1. The number of fused-ring (bicyclic) bond motifs is 1. The lowest BCUT2D eigenvalue weighted by Gasteiger charge is -2.27. The van der Waals surface area contributed by atoms with Crippen LogP contribution in [0.1, 0.15) is 22.8 Å². The van der Waals surface area contributed by atoms with Gasteiger partial charge >= 0.3 is 0 Å². The average molecular weight is 408 g/mol. The van der Waals surface area contributed by atoms with E-state index in [0.29, 0.717) is 22.0 Å². The Labute approximate surface area is 172 Å². The van der Waals surface area contributed by atoms with Crippen LogP contribution in [0, 0.1) is 0 Å². The maximum atomic E-state index is 13.5. The molecule has 1 heterocycles. The molecule has 4 rings (SSSR count). The number of nitrogens with one attached hydrogen (secondary N) is 2. The zero-order valence-corrected chi connectivity index (χ0v) is 16.3. The highest BCUT2D eigenvalue weighted by Gasteiger charge is 2.48. The number of carbonyl (C=O) groups is 2. The molecule has 1 aliphatic rings. The summed E-state index contributed by atoms with van der Waals surface area (Å²) in [4.78, 5) is 26.7. The molecule has 2 amide bonds. The SMILES string of the molecule is CC1(Nc2ccc(C(=O)NO)cc2)C(=O)N(c2cccc(Cl)c2)c2ccccc21. The van der Waals surface area contributed by atoms with Crippen molar-refractivity contribution in [1.29, 1.82) is 0 Å². The Morgan fingerprint density at radius 3 is 2.45 bits per heavy atom. The number of amides is 2. The van der Waals surface area contributed by atoms with Gasteiger partial charge in [-0.05, 0) is 55.5 Å². The van der Waals surface area contributed by atoms with Crippen molar-refractivity contribution in [1.82, 2.24) is 5.48 Å². The van der Waals surface area contributed by atoms with E-state index in [2.05, 4.69) is 5.32 Å². The molecule has 29 heavy (non-hydrogen) atoms. The summed E-state index contributed by atoms with van der Waals surface area (Å²) in [6, 6.07) is 21.3. The molecular weight excluding hydrogens is 390 g/mol. The molecule has 0 aliphatic carbocycles. The van der Waals surface area contributed by atoms with E-state index in [9.17, 15) is 9.59 Å². The van der Waals surface area contributed by atoms with E-state index in [1.54, 1.807) is 46.8 Å². The van der Waals surface area contributed by atoms with Crippen LogP contribution in [-0.2, 0) is 10.3 Å². The normalized spacial score (nSPS) is 17.8. The van der Waals surface area contributed by atoms with Crippen molar-refractivity contribution in [3.05, 3.63) is 88.9 Å². The number of anilines is 3. The van der Waals surface area contributed by atoms with Crippen molar-refractivity contribution in [3.8, 4) is 0 Å². The van der Waals surface area contributed by atoms with Gasteiger partial charge in [-0.2, -0.15) is 0 Å². The predicted octanol–water partition coefficient (Wildman–Crippen LogP) is 4.46. The van der Waals surface area contributed by atoms with E-state index in [1.807, 2.05) is 43.3 Å². The molecular formula is C22H18ClN3O3. The summed E-state index contributed by atoms with van der Waals surface area (Å²) in [5.74, 6) is -0.740. The molecule has 3 N–H and O–H groups in total. The molecule has 0 aromatic heterocycles. The van der Waals surface area contributed by atoms with Crippen molar-refractivity contribution >= 4 is 40.5 Å². The van der Waals surface area contributed by atoms with Crippen LogP contribution < -0.4 is 15.7 Å². The van der Waals surface area contributed by atoms with E-state index in [0.717, 1.165) is 11.3 Å². The van der Waals surface area contributed by atoms with Crippen LogP contribution in [0.3, 0.4) is 0 Å². The number of hydrogen-bond acceptors (Lipinski definition) is 4.